The lowest BCUT2D eigenvalue weighted by atomic mass is 9.90. The molecule has 7 nitrogen and oxygen atoms in total. The summed E-state index contributed by atoms with van der Waals surface area (Å²) in [6.07, 6.45) is 6.79. The minimum atomic E-state index is -4.07. The third-order valence-corrected chi connectivity index (χ3v) is 8.29. The van der Waals surface area contributed by atoms with E-state index in [-0.39, 0.29) is 12.5 Å². The highest BCUT2D eigenvalue weighted by molar-refractivity contribution is 7.92. The van der Waals surface area contributed by atoms with E-state index in [1.54, 1.807) is 12.2 Å². The van der Waals surface area contributed by atoms with Gasteiger partial charge in [-0.15, -0.1) is 0 Å². The summed E-state index contributed by atoms with van der Waals surface area (Å²) in [5.74, 6) is -0.174. The molecule has 0 spiro atoms. The number of rotatable bonds is 9. The fourth-order valence-electron chi connectivity index (χ4n) is 3.73. The number of fused-ring (bicyclic) bond motifs is 1. The van der Waals surface area contributed by atoms with Crippen molar-refractivity contribution in [3.8, 4) is 0 Å². The first-order valence-corrected chi connectivity index (χ1v) is 12.8. The Labute approximate surface area is 197 Å². The van der Waals surface area contributed by atoms with Crippen molar-refractivity contribution in [1.82, 2.24) is 9.10 Å². The SMILES string of the molecule is COC(=O)C1(S(=O)(=O)NCCCNc2nsc3ccccc23)C=CC(c2ccccc2)C=C1. The predicted octanol–water partition coefficient (Wildman–Crippen LogP) is 3.84. The van der Waals surface area contributed by atoms with Gasteiger partial charge in [0.15, 0.2) is 0 Å². The molecule has 0 saturated heterocycles. The number of methoxy groups -OCH3 is 1. The quantitative estimate of drug-likeness (QED) is 0.273. The number of carbonyl (C=O) groups excluding carboxylic acids is 1. The lowest BCUT2D eigenvalue weighted by molar-refractivity contribution is -0.141. The van der Waals surface area contributed by atoms with E-state index in [2.05, 4.69) is 14.4 Å². The maximum Gasteiger partial charge on any atom is 0.336 e. The summed E-state index contributed by atoms with van der Waals surface area (Å²) < 4.78 is 37.4. The normalized spacial score (nSPS) is 20.1. The van der Waals surface area contributed by atoms with Crippen molar-refractivity contribution < 1.29 is 17.9 Å². The van der Waals surface area contributed by atoms with Crippen molar-refractivity contribution in [3.05, 3.63) is 84.5 Å². The Kier molecular flexibility index (Phi) is 6.92. The fraction of sp³-hybridized carbons (Fsp3) is 0.250. The molecule has 0 amide bonds. The van der Waals surface area contributed by atoms with Crippen LogP contribution in [0.1, 0.15) is 17.9 Å². The van der Waals surface area contributed by atoms with Gasteiger partial charge < -0.3 is 10.1 Å². The van der Waals surface area contributed by atoms with E-state index in [1.165, 1.54) is 30.8 Å². The van der Waals surface area contributed by atoms with E-state index in [9.17, 15) is 13.2 Å². The summed E-state index contributed by atoms with van der Waals surface area (Å²) in [5, 5.41) is 4.29. The number of allylic oxidation sites excluding steroid dienone is 2. The second-order valence-electron chi connectivity index (χ2n) is 7.64. The average molecular weight is 484 g/mol. The maximum atomic E-state index is 13.2. The highest BCUT2D eigenvalue weighted by atomic mass is 32.2. The number of sulfonamides is 1. The van der Waals surface area contributed by atoms with Crippen LogP contribution in [0, 0.1) is 0 Å². The Morgan fingerprint density at radius 3 is 2.48 bits per heavy atom. The van der Waals surface area contributed by atoms with Crippen molar-refractivity contribution in [2.24, 2.45) is 0 Å². The zero-order chi connectivity index (χ0) is 23.3. The second-order valence-corrected chi connectivity index (χ2v) is 10.4. The van der Waals surface area contributed by atoms with Gasteiger partial charge in [0.25, 0.3) is 0 Å². The highest BCUT2D eigenvalue weighted by Gasteiger charge is 2.49. The molecule has 0 atom stereocenters. The Bertz CT molecular complexity index is 1270. The summed E-state index contributed by atoms with van der Waals surface area (Å²) in [7, 11) is -2.88. The molecule has 0 saturated carbocycles. The van der Waals surface area contributed by atoms with Gasteiger partial charge in [-0.2, -0.15) is 4.37 Å². The number of hydrogen-bond acceptors (Lipinski definition) is 7. The van der Waals surface area contributed by atoms with Crippen LogP contribution >= 0.6 is 11.5 Å². The molecule has 3 aromatic rings. The molecule has 2 N–H and O–H groups in total. The van der Waals surface area contributed by atoms with E-state index in [1.807, 2.05) is 54.6 Å². The molecule has 4 rings (SSSR count). The Morgan fingerprint density at radius 1 is 1.06 bits per heavy atom. The maximum absolute atomic E-state index is 13.2. The van der Waals surface area contributed by atoms with Gasteiger partial charge in [-0.25, -0.2) is 17.9 Å². The molecule has 1 aliphatic carbocycles. The van der Waals surface area contributed by atoms with Crippen LogP contribution in [-0.2, 0) is 19.6 Å². The van der Waals surface area contributed by atoms with Crippen LogP contribution in [-0.4, -0.2) is 43.7 Å². The molecule has 9 heteroatoms. The van der Waals surface area contributed by atoms with Gasteiger partial charge in [-0.3, -0.25) is 0 Å². The number of nitrogens with one attached hydrogen (secondary N) is 2. The van der Waals surface area contributed by atoms with Crippen LogP contribution in [0.15, 0.2) is 78.9 Å². The molecule has 1 aromatic heterocycles. The number of nitrogens with zero attached hydrogens (tertiary/aromatic N) is 1. The van der Waals surface area contributed by atoms with Crippen LogP contribution in [0.2, 0.25) is 0 Å². The van der Waals surface area contributed by atoms with Gasteiger partial charge in [0.05, 0.1) is 11.8 Å². The number of esters is 1. The van der Waals surface area contributed by atoms with Crippen LogP contribution < -0.4 is 10.0 Å². The first kappa shape index (κ1) is 23.2. The zero-order valence-corrected chi connectivity index (χ0v) is 19.7. The van der Waals surface area contributed by atoms with E-state index in [0.717, 1.165) is 21.5 Å². The molecular formula is C24H25N3O4S2. The minimum absolute atomic E-state index is 0.115. The topological polar surface area (TPSA) is 97.4 Å². The molecular weight excluding hydrogens is 458 g/mol. The van der Waals surface area contributed by atoms with Crippen molar-refractivity contribution in [2.45, 2.75) is 17.1 Å². The third kappa shape index (κ3) is 4.71. The lowest BCUT2D eigenvalue weighted by Gasteiger charge is -2.28. The summed E-state index contributed by atoms with van der Waals surface area (Å²) in [5.41, 5.74) is 1.01. The van der Waals surface area contributed by atoms with Crippen LogP contribution in [0.3, 0.4) is 0 Å². The first-order chi connectivity index (χ1) is 16.0. The molecule has 0 bridgehead atoms. The summed E-state index contributed by atoms with van der Waals surface area (Å²) in [6.45, 7) is 0.698. The number of ether oxygens (including phenoxy) is 1. The van der Waals surface area contributed by atoms with Crippen molar-refractivity contribution >= 4 is 43.4 Å². The summed E-state index contributed by atoms with van der Waals surface area (Å²) >= 11 is 1.41. The molecule has 1 aliphatic rings. The molecule has 172 valence electrons. The minimum Gasteiger partial charge on any atom is -0.467 e. The number of carbonyl (C=O) groups is 1. The van der Waals surface area contributed by atoms with E-state index in [0.29, 0.717) is 13.0 Å². The molecule has 1 heterocycles. The molecule has 0 aliphatic heterocycles. The largest absolute Gasteiger partial charge is 0.467 e. The van der Waals surface area contributed by atoms with Crippen LogP contribution in [0.5, 0.6) is 0 Å². The predicted molar refractivity (Wildman–Crippen MR) is 132 cm³/mol. The van der Waals surface area contributed by atoms with Gasteiger partial charge in [0.1, 0.15) is 5.82 Å². The third-order valence-electron chi connectivity index (χ3n) is 5.55. The van der Waals surface area contributed by atoms with Gasteiger partial charge in [0.2, 0.25) is 14.8 Å². The zero-order valence-electron chi connectivity index (χ0n) is 18.1. The monoisotopic (exact) mass is 483 g/mol. The number of hydrogen-bond donors (Lipinski definition) is 2. The number of aromatic nitrogens is 1. The molecule has 0 radical (unpaired) electrons. The van der Waals surface area contributed by atoms with Gasteiger partial charge >= 0.3 is 5.97 Å². The second kappa shape index (κ2) is 9.86. The van der Waals surface area contributed by atoms with Gasteiger partial charge in [-0.1, -0.05) is 66.8 Å². The Hall–Kier alpha value is -3.01. The highest BCUT2D eigenvalue weighted by Crippen LogP contribution is 2.32. The molecule has 0 unspecified atom stereocenters. The number of anilines is 1. The fourth-order valence-corrected chi connectivity index (χ4v) is 5.95. The van der Waals surface area contributed by atoms with Crippen molar-refractivity contribution in [1.29, 1.82) is 0 Å². The van der Waals surface area contributed by atoms with Crippen molar-refractivity contribution in [2.75, 3.05) is 25.5 Å². The van der Waals surface area contributed by atoms with E-state index < -0.39 is 20.7 Å². The lowest BCUT2D eigenvalue weighted by Crippen LogP contribution is -2.51. The summed E-state index contributed by atoms with van der Waals surface area (Å²) in [6, 6.07) is 17.6. The molecule has 2 aromatic carbocycles. The summed E-state index contributed by atoms with van der Waals surface area (Å²) in [4.78, 5) is 12.6. The van der Waals surface area contributed by atoms with Gasteiger partial charge in [-0.05, 0) is 35.6 Å². The standard InChI is InChI=1S/C24H25N3O4S2/c1-31-23(28)24(14-12-19(13-15-24)18-8-3-2-4-9-18)33(29,30)26-17-7-16-25-22-20-10-5-6-11-21(20)32-27-22/h2-6,8-15,19,26H,7,16-17H2,1H3,(H,25,27). The molecule has 0 fully saturated rings. The van der Waals surface area contributed by atoms with E-state index in [4.69, 9.17) is 4.74 Å². The Morgan fingerprint density at radius 2 is 1.76 bits per heavy atom. The van der Waals surface area contributed by atoms with E-state index >= 15 is 0 Å². The van der Waals surface area contributed by atoms with Crippen LogP contribution in [0.25, 0.3) is 10.1 Å². The van der Waals surface area contributed by atoms with Crippen molar-refractivity contribution in [3.63, 3.8) is 0 Å². The van der Waals surface area contributed by atoms with Gasteiger partial charge in [0, 0.05) is 24.4 Å². The average Bonchev–Trinajstić information content (AvgIpc) is 3.27. The smallest absolute Gasteiger partial charge is 0.336 e. The number of benzene rings is 2. The molecule has 33 heavy (non-hydrogen) atoms. The van der Waals surface area contributed by atoms with Crippen LogP contribution in [0.4, 0.5) is 5.82 Å². The first-order valence-electron chi connectivity index (χ1n) is 10.6. The Balaban J connectivity index is 1.39.